The molecule has 1 aromatic carbocycles. The van der Waals surface area contributed by atoms with E-state index in [1.165, 1.54) is 25.8 Å². The van der Waals surface area contributed by atoms with Crippen molar-refractivity contribution in [2.75, 3.05) is 12.4 Å². The molecule has 96 valence electrons. The van der Waals surface area contributed by atoms with Gasteiger partial charge in [-0.05, 0) is 32.4 Å². The molecule has 0 atom stereocenters. The quantitative estimate of drug-likeness (QED) is 0.479. The number of aryl methyl sites for hydroxylation is 1. The number of anilines is 1. The lowest BCUT2D eigenvalue weighted by Crippen LogP contribution is -2.34. The maximum Gasteiger partial charge on any atom is 0.326 e. The van der Waals surface area contributed by atoms with E-state index in [0.29, 0.717) is 11.3 Å². The van der Waals surface area contributed by atoms with E-state index in [4.69, 9.17) is 5.41 Å². The molecule has 1 aromatic rings. The van der Waals surface area contributed by atoms with Crippen molar-refractivity contribution in [2.24, 2.45) is 0 Å². The number of amides is 2. The zero-order chi connectivity index (χ0) is 13.9. The summed E-state index contributed by atoms with van der Waals surface area (Å²) in [5.41, 5.74) is 2.00. The van der Waals surface area contributed by atoms with Crippen LogP contribution in [-0.2, 0) is 0 Å². The predicted octanol–water partition coefficient (Wildman–Crippen LogP) is 2.66. The minimum absolute atomic E-state index is 0.0536. The van der Waals surface area contributed by atoms with Crippen LogP contribution in [0.2, 0.25) is 0 Å². The Morgan fingerprint density at radius 1 is 1.28 bits per heavy atom. The van der Waals surface area contributed by atoms with Gasteiger partial charge >= 0.3 is 6.03 Å². The molecule has 18 heavy (non-hydrogen) atoms. The van der Waals surface area contributed by atoms with Crippen LogP contribution in [0, 0.1) is 12.3 Å². The van der Waals surface area contributed by atoms with Crippen LogP contribution in [0.15, 0.2) is 18.2 Å². The van der Waals surface area contributed by atoms with Gasteiger partial charge in [-0.3, -0.25) is 15.1 Å². The van der Waals surface area contributed by atoms with Crippen molar-refractivity contribution < 1.29 is 9.59 Å². The fourth-order valence-electron chi connectivity index (χ4n) is 1.33. The summed E-state index contributed by atoms with van der Waals surface area (Å²) in [5, 5.41) is 10.1. The van der Waals surface area contributed by atoms with Gasteiger partial charge in [0.1, 0.15) is 5.84 Å². The second kappa shape index (κ2) is 5.44. The van der Waals surface area contributed by atoms with Crippen molar-refractivity contribution in [3.63, 3.8) is 0 Å². The first-order chi connectivity index (χ1) is 8.32. The topological polar surface area (TPSA) is 73.3 Å². The third kappa shape index (κ3) is 3.16. The number of carbonyl (C=O) groups excluding carboxylic acids is 2. The first-order valence-electron chi connectivity index (χ1n) is 5.54. The van der Waals surface area contributed by atoms with Gasteiger partial charge < -0.3 is 5.32 Å². The number of urea groups is 1. The molecule has 0 radical (unpaired) electrons. The number of rotatable bonds is 2. The number of benzene rings is 1. The lowest BCUT2D eigenvalue weighted by molar-refractivity contribution is 0.101. The van der Waals surface area contributed by atoms with Gasteiger partial charge in [0.05, 0.1) is 0 Å². The fraction of sp³-hybridized carbons (Fsp3) is 0.308. The highest BCUT2D eigenvalue weighted by Gasteiger charge is 2.12. The Balaban J connectivity index is 2.97. The first-order valence-corrected chi connectivity index (χ1v) is 5.54. The Morgan fingerprint density at radius 2 is 1.89 bits per heavy atom. The fourth-order valence-corrected chi connectivity index (χ4v) is 1.33. The molecule has 0 fully saturated rings. The standard InChI is InChI=1S/C13H17N3O2/c1-8-5-6-11(9(2)17)7-12(8)15-13(18)16(4)10(3)14/h5-7,14H,1-4H3,(H,15,18). The van der Waals surface area contributed by atoms with Gasteiger partial charge in [-0.1, -0.05) is 12.1 Å². The Morgan fingerprint density at radius 3 is 2.39 bits per heavy atom. The molecule has 0 saturated carbocycles. The highest BCUT2D eigenvalue weighted by molar-refractivity contribution is 6.02. The van der Waals surface area contributed by atoms with Crippen molar-refractivity contribution in [2.45, 2.75) is 20.8 Å². The number of nitrogens with one attached hydrogen (secondary N) is 2. The molecule has 0 heterocycles. The van der Waals surface area contributed by atoms with E-state index in [1.54, 1.807) is 18.2 Å². The zero-order valence-electron chi connectivity index (χ0n) is 11.0. The average Bonchev–Trinajstić information content (AvgIpc) is 2.30. The molecule has 0 spiro atoms. The van der Waals surface area contributed by atoms with Crippen molar-refractivity contribution in [3.05, 3.63) is 29.3 Å². The molecular weight excluding hydrogens is 230 g/mol. The average molecular weight is 247 g/mol. The molecular formula is C13H17N3O2. The molecule has 0 bridgehead atoms. The van der Waals surface area contributed by atoms with E-state index in [9.17, 15) is 9.59 Å². The number of nitrogens with zero attached hydrogens (tertiary/aromatic N) is 1. The molecule has 0 aromatic heterocycles. The Bertz CT molecular complexity index is 509. The van der Waals surface area contributed by atoms with Gasteiger partial charge in [0.2, 0.25) is 0 Å². The van der Waals surface area contributed by atoms with E-state index in [0.717, 1.165) is 5.56 Å². The zero-order valence-corrected chi connectivity index (χ0v) is 11.0. The van der Waals surface area contributed by atoms with Crippen LogP contribution in [0.25, 0.3) is 0 Å². The minimum Gasteiger partial charge on any atom is -0.307 e. The lowest BCUT2D eigenvalue weighted by Gasteiger charge is -2.17. The van der Waals surface area contributed by atoms with E-state index < -0.39 is 6.03 Å². The van der Waals surface area contributed by atoms with Crippen molar-refractivity contribution in [3.8, 4) is 0 Å². The third-order valence-corrected chi connectivity index (χ3v) is 2.69. The number of ketones is 1. The van der Waals surface area contributed by atoms with Crippen LogP contribution in [-0.4, -0.2) is 29.6 Å². The van der Waals surface area contributed by atoms with Gasteiger partial charge in [-0.2, -0.15) is 0 Å². The largest absolute Gasteiger partial charge is 0.326 e. The highest BCUT2D eigenvalue weighted by atomic mass is 16.2. The Hall–Kier alpha value is -2.17. The van der Waals surface area contributed by atoms with Crippen LogP contribution in [0.3, 0.4) is 0 Å². The van der Waals surface area contributed by atoms with Crippen LogP contribution in [0.4, 0.5) is 10.5 Å². The first kappa shape index (κ1) is 13.9. The molecule has 0 aliphatic carbocycles. The SMILES string of the molecule is CC(=N)N(C)C(=O)Nc1cc(C(C)=O)ccc1C. The second-order valence-electron chi connectivity index (χ2n) is 4.16. The third-order valence-electron chi connectivity index (χ3n) is 2.69. The smallest absolute Gasteiger partial charge is 0.307 e. The van der Waals surface area contributed by atoms with Crippen molar-refractivity contribution >= 4 is 23.3 Å². The lowest BCUT2D eigenvalue weighted by atomic mass is 10.1. The summed E-state index contributed by atoms with van der Waals surface area (Å²) in [6, 6.07) is 4.75. The molecule has 0 aliphatic heterocycles. The summed E-state index contributed by atoms with van der Waals surface area (Å²) in [4.78, 5) is 24.3. The number of hydrogen-bond donors (Lipinski definition) is 2. The molecule has 0 saturated heterocycles. The van der Waals surface area contributed by atoms with Crippen LogP contribution in [0.5, 0.6) is 0 Å². The normalized spacial score (nSPS) is 9.78. The van der Waals surface area contributed by atoms with Gasteiger partial charge in [0.15, 0.2) is 5.78 Å². The maximum absolute atomic E-state index is 11.8. The van der Waals surface area contributed by atoms with E-state index >= 15 is 0 Å². The Kier molecular flexibility index (Phi) is 4.20. The summed E-state index contributed by atoms with van der Waals surface area (Å²) in [7, 11) is 1.52. The molecule has 5 nitrogen and oxygen atoms in total. The van der Waals surface area contributed by atoms with Gasteiger partial charge in [-0.25, -0.2) is 4.79 Å². The van der Waals surface area contributed by atoms with Crippen LogP contribution < -0.4 is 5.32 Å². The monoisotopic (exact) mass is 247 g/mol. The molecule has 2 amide bonds. The molecule has 0 aliphatic rings. The van der Waals surface area contributed by atoms with Gasteiger partial charge in [0.25, 0.3) is 0 Å². The molecule has 0 unspecified atom stereocenters. The summed E-state index contributed by atoms with van der Waals surface area (Å²) in [6.45, 7) is 4.85. The van der Waals surface area contributed by atoms with Crippen molar-refractivity contribution in [1.29, 1.82) is 5.41 Å². The van der Waals surface area contributed by atoms with Gasteiger partial charge in [-0.15, -0.1) is 0 Å². The molecule has 5 heteroatoms. The second-order valence-corrected chi connectivity index (χ2v) is 4.16. The number of carbonyl (C=O) groups is 2. The van der Waals surface area contributed by atoms with Crippen molar-refractivity contribution in [1.82, 2.24) is 4.90 Å². The van der Waals surface area contributed by atoms with Crippen LogP contribution in [0.1, 0.15) is 29.8 Å². The minimum atomic E-state index is -0.397. The number of hydrogen-bond acceptors (Lipinski definition) is 3. The van der Waals surface area contributed by atoms with E-state index in [1.807, 2.05) is 6.92 Å². The van der Waals surface area contributed by atoms with E-state index in [2.05, 4.69) is 5.32 Å². The number of amidine groups is 1. The summed E-state index contributed by atoms with van der Waals surface area (Å²) in [6.07, 6.45) is 0. The summed E-state index contributed by atoms with van der Waals surface area (Å²) < 4.78 is 0. The summed E-state index contributed by atoms with van der Waals surface area (Å²) >= 11 is 0. The Labute approximate surface area is 106 Å². The maximum atomic E-state index is 11.8. The molecule has 2 N–H and O–H groups in total. The number of Topliss-reactive ketones (excluding diaryl/α,β-unsaturated/α-hetero) is 1. The van der Waals surface area contributed by atoms with Gasteiger partial charge in [0, 0.05) is 18.3 Å². The predicted molar refractivity (Wildman–Crippen MR) is 71.4 cm³/mol. The summed E-state index contributed by atoms with van der Waals surface area (Å²) in [5.74, 6) is 0.0926. The van der Waals surface area contributed by atoms with E-state index in [-0.39, 0.29) is 11.6 Å². The highest BCUT2D eigenvalue weighted by Crippen LogP contribution is 2.17. The van der Waals surface area contributed by atoms with Crippen LogP contribution >= 0.6 is 0 Å². The molecule has 1 rings (SSSR count).